The largest absolute Gasteiger partial charge is 0.416 e. The molecule has 0 aliphatic rings. The number of sulfone groups is 1. The number of anilines is 1. The molecule has 1 aromatic rings. The molecule has 0 aromatic heterocycles. The van der Waals surface area contributed by atoms with Gasteiger partial charge in [0.1, 0.15) is 0 Å². The van der Waals surface area contributed by atoms with Crippen molar-refractivity contribution in [2.45, 2.75) is 24.4 Å². The summed E-state index contributed by atoms with van der Waals surface area (Å²) in [6, 6.07) is 2.21. The van der Waals surface area contributed by atoms with Crippen molar-refractivity contribution in [3.63, 3.8) is 0 Å². The molecule has 8 heteroatoms. The third kappa shape index (κ3) is 4.38. The van der Waals surface area contributed by atoms with Crippen LogP contribution in [-0.4, -0.2) is 27.4 Å². The molecule has 0 saturated heterocycles. The molecular weight excluding hydrogens is 295 g/mol. The fourth-order valence-electron chi connectivity index (χ4n) is 1.53. The summed E-state index contributed by atoms with van der Waals surface area (Å²) < 4.78 is 66.3. The van der Waals surface area contributed by atoms with Crippen molar-refractivity contribution in [3.05, 3.63) is 23.8 Å². The van der Waals surface area contributed by atoms with Gasteiger partial charge in [0.2, 0.25) is 0 Å². The Morgan fingerprint density at radius 2 is 1.90 bits per heavy atom. The maximum Gasteiger partial charge on any atom is 0.416 e. The fraction of sp³-hybridized carbons (Fsp3) is 0.500. The van der Waals surface area contributed by atoms with Gasteiger partial charge in [-0.2, -0.15) is 13.2 Å². The molecule has 4 nitrogen and oxygen atoms in total. The van der Waals surface area contributed by atoms with Crippen LogP contribution >= 0.6 is 0 Å². The van der Waals surface area contributed by atoms with E-state index in [-0.39, 0.29) is 17.3 Å². The maximum atomic E-state index is 12.5. The van der Waals surface area contributed by atoms with Gasteiger partial charge in [0.25, 0.3) is 0 Å². The molecular formula is C12H16F3NO3S. The first-order valence-corrected chi connectivity index (χ1v) is 7.61. The Balaban J connectivity index is 2.91. The first kappa shape index (κ1) is 16.8. The molecule has 0 aliphatic carbocycles. The predicted molar refractivity (Wildman–Crippen MR) is 69.0 cm³/mol. The van der Waals surface area contributed by atoms with E-state index in [1.165, 1.54) is 0 Å². The van der Waals surface area contributed by atoms with Gasteiger partial charge in [-0.25, -0.2) is 8.42 Å². The molecule has 0 atom stereocenters. The summed E-state index contributed by atoms with van der Waals surface area (Å²) >= 11 is 0. The van der Waals surface area contributed by atoms with Crippen molar-refractivity contribution in [2.24, 2.45) is 0 Å². The van der Waals surface area contributed by atoms with Crippen molar-refractivity contribution in [2.75, 3.05) is 24.7 Å². The smallest absolute Gasteiger partial charge is 0.398 e. The van der Waals surface area contributed by atoms with Gasteiger partial charge < -0.3 is 10.5 Å². The molecule has 0 fully saturated rings. The Hall–Kier alpha value is -1.28. The van der Waals surface area contributed by atoms with Gasteiger partial charge >= 0.3 is 6.18 Å². The molecule has 0 saturated carbocycles. The highest BCUT2D eigenvalue weighted by atomic mass is 32.2. The SMILES string of the molecule is CCCOCCS(=O)(=O)c1ccc(C(F)(F)F)cc1N. The summed E-state index contributed by atoms with van der Waals surface area (Å²) in [7, 11) is -3.75. The third-order valence-electron chi connectivity index (χ3n) is 2.52. The minimum Gasteiger partial charge on any atom is -0.398 e. The van der Waals surface area contributed by atoms with E-state index < -0.39 is 27.3 Å². The molecule has 0 amide bonds. The van der Waals surface area contributed by atoms with Crippen LogP contribution < -0.4 is 5.73 Å². The number of nitrogens with two attached hydrogens (primary N) is 1. The Bertz CT molecular complexity index is 556. The highest BCUT2D eigenvalue weighted by Gasteiger charge is 2.31. The van der Waals surface area contributed by atoms with Crippen LogP contribution in [0.1, 0.15) is 18.9 Å². The molecule has 0 spiro atoms. The van der Waals surface area contributed by atoms with Crippen LogP contribution in [-0.2, 0) is 20.8 Å². The number of halogens is 3. The zero-order chi connectivity index (χ0) is 15.4. The summed E-state index contributed by atoms with van der Waals surface area (Å²) in [6.07, 6.45) is -3.80. The summed E-state index contributed by atoms with van der Waals surface area (Å²) in [5.74, 6) is -0.317. The van der Waals surface area contributed by atoms with E-state index in [1.807, 2.05) is 6.92 Å². The predicted octanol–water partition coefficient (Wildman–Crippen LogP) is 2.49. The molecule has 1 aromatic carbocycles. The standard InChI is InChI=1S/C12H16F3NO3S/c1-2-5-19-6-7-20(17,18)11-4-3-9(8-10(11)16)12(13,14)15/h3-4,8H,2,5-7,16H2,1H3. The molecule has 0 unspecified atom stereocenters. The molecule has 20 heavy (non-hydrogen) atoms. The van der Waals surface area contributed by atoms with Crippen molar-refractivity contribution in [1.82, 2.24) is 0 Å². The third-order valence-corrected chi connectivity index (χ3v) is 4.26. The number of rotatable bonds is 6. The van der Waals surface area contributed by atoms with Crippen LogP contribution in [0, 0.1) is 0 Å². The molecule has 0 bridgehead atoms. The summed E-state index contributed by atoms with van der Waals surface area (Å²) in [6.45, 7) is 2.29. The number of nitrogen functional groups attached to an aromatic ring is 1. The number of ether oxygens (including phenoxy) is 1. The topological polar surface area (TPSA) is 69.4 Å². The Morgan fingerprint density at radius 1 is 1.25 bits per heavy atom. The average Bonchev–Trinajstić information content (AvgIpc) is 2.33. The highest BCUT2D eigenvalue weighted by molar-refractivity contribution is 7.91. The van der Waals surface area contributed by atoms with Gasteiger partial charge in [0.05, 0.1) is 28.5 Å². The van der Waals surface area contributed by atoms with Gasteiger partial charge in [0, 0.05) is 6.61 Å². The zero-order valence-corrected chi connectivity index (χ0v) is 11.7. The van der Waals surface area contributed by atoms with Crippen LogP contribution in [0.5, 0.6) is 0 Å². The van der Waals surface area contributed by atoms with Crippen LogP contribution in [0.4, 0.5) is 18.9 Å². The van der Waals surface area contributed by atoms with Crippen LogP contribution in [0.2, 0.25) is 0 Å². The summed E-state index contributed by atoms with van der Waals surface area (Å²) in [4.78, 5) is -0.300. The fourth-order valence-corrected chi connectivity index (χ4v) is 2.78. The second-order valence-corrected chi connectivity index (χ2v) is 6.26. The number of hydrogen-bond donors (Lipinski definition) is 1. The van der Waals surface area contributed by atoms with Crippen molar-refractivity contribution in [1.29, 1.82) is 0 Å². The minimum atomic E-state index is -4.55. The van der Waals surface area contributed by atoms with Gasteiger partial charge in [-0.3, -0.25) is 0 Å². The van der Waals surface area contributed by atoms with Gasteiger partial charge in [-0.1, -0.05) is 6.92 Å². The summed E-state index contributed by atoms with van der Waals surface area (Å²) in [5.41, 5.74) is 4.03. The van der Waals surface area contributed by atoms with Crippen molar-refractivity contribution in [3.8, 4) is 0 Å². The lowest BCUT2D eigenvalue weighted by Gasteiger charge is -2.11. The number of hydrogen-bond acceptors (Lipinski definition) is 4. The van der Waals surface area contributed by atoms with E-state index >= 15 is 0 Å². The number of benzene rings is 1. The summed E-state index contributed by atoms with van der Waals surface area (Å²) in [5, 5.41) is 0. The lowest BCUT2D eigenvalue weighted by Crippen LogP contribution is -2.15. The normalized spacial score (nSPS) is 12.6. The van der Waals surface area contributed by atoms with Crippen LogP contribution in [0.25, 0.3) is 0 Å². The molecule has 0 aliphatic heterocycles. The van der Waals surface area contributed by atoms with Crippen LogP contribution in [0.15, 0.2) is 23.1 Å². The molecule has 114 valence electrons. The van der Waals surface area contributed by atoms with Crippen molar-refractivity contribution < 1.29 is 26.3 Å². The second kappa shape index (κ2) is 6.45. The zero-order valence-electron chi connectivity index (χ0n) is 10.9. The Labute approximate surface area is 115 Å². The van der Waals surface area contributed by atoms with Crippen LogP contribution in [0.3, 0.4) is 0 Å². The first-order valence-electron chi connectivity index (χ1n) is 5.95. The van der Waals surface area contributed by atoms with Gasteiger partial charge in [-0.05, 0) is 24.6 Å². The molecule has 2 N–H and O–H groups in total. The second-order valence-electron chi connectivity index (χ2n) is 4.18. The average molecular weight is 311 g/mol. The van der Waals surface area contributed by atoms with E-state index in [9.17, 15) is 21.6 Å². The van der Waals surface area contributed by atoms with Gasteiger partial charge in [-0.15, -0.1) is 0 Å². The van der Waals surface area contributed by atoms with E-state index in [2.05, 4.69) is 0 Å². The maximum absolute atomic E-state index is 12.5. The van der Waals surface area contributed by atoms with E-state index in [0.717, 1.165) is 12.5 Å². The Morgan fingerprint density at radius 3 is 2.40 bits per heavy atom. The lowest BCUT2D eigenvalue weighted by molar-refractivity contribution is -0.137. The first-order chi connectivity index (χ1) is 9.18. The quantitative estimate of drug-likeness (QED) is 0.647. The molecule has 0 heterocycles. The van der Waals surface area contributed by atoms with E-state index in [0.29, 0.717) is 18.7 Å². The minimum absolute atomic E-state index is 0.0172. The Kier molecular flexibility index (Phi) is 5.41. The van der Waals surface area contributed by atoms with E-state index in [4.69, 9.17) is 10.5 Å². The molecule has 0 radical (unpaired) electrons. The van der Waals surface area contributed by atoms with E-state index in [1.54, 1.807) is 0 Å². The molecule has 1 rings (SSSR count). The van der Waals surface area contributed by atoms with Gasteiger partial charge in [0.15, 0.2) is 9.84 Å². The van der Waals surface area contributed by atoms with Crippen molar-refractivity contribution >= 4 is 15.5 Å². The lowest BCUT2D eigenvalue weighted by atomic mass is 10.2. The highest BCUT2D eigenvalue weighted by Crippen LogP contribution is 2.32. The number of alkyl halides is 3. The monoisotopic (exact) mass is 311 g/mol.